The van der Waals surface area contributed by atoms with Gasteiger partial charge in [0.05, 0.1) is 13.2 Å². The molecule has 0 aromatic heterocycles. The number of carbonyl (C=O) groups is 2. The van der Waals surface area contributed by atoms with E-state index in [1.807, 2.05) is 0 Å². The van der Waals surface area contributed by atoms with Crippen LogP contribution >= 0.6 is 0 Å². The summed E-state index contributed by atoms with van der Waals surface area (Å²) in [5.41, 5.74) is 0.338. The van der Waals surface area contributed by atoms with E-state index in [1.165, 1.54) is 12.1 Å². The van der Waals surface area contributed by atoms with E-state index in [0.29, 0.717) is 17.1 Å². The van der Waals surface area contributed by atoms with Gasteiger partial charge >= 0.3 is 6.36 Å². The second-order valence-corrected chi connectivity index (χ2v) is 6.37. The first-order valence-corrected chi connectivity index (χ1v) is 8.56. The number of nitrogens with one attached hydrogen (secondary N) is 3. The first-order chi connectivity index (χ1) is 12.7. The lowest BCUT2D eigenvalue weighted by atomic mass is 10.2. The van der Waals surface area contributed by atoms with E-state index in [9.17, 15) is 22.8 Å². The third kappa shape index (κ3) is 8.27. The fourth-order valence-corrected chi connectivity index (χ4v) is 2.65. The molecule has 0 radical (unpaired) electrons. The second-order valence-electron chi connectivity index (χ2n) is 6.37. The fourth-order valence-electron chi connectivity index (χ4n) is 2.65. The highest BCUT2D eigenvalue weighted by atomic mass is 19.4. The van der Waals surface area contributed by atoms with Crippen LogP contribution in [0, 0.1) is 0 Å². The molecule has 1 saturated heterocycles. The maximum atomic E-state index is 12.1. The van der Waals surface area contributed by atoms with E-state index in [0.717, 1.165) is 31.6 Å². The summed E-state index contributed by atoms with van der Waals surface area (Å²) >= 11 is 0. The molecule has 10 heteroatoms. The molecular weight excluding hydrogens is 367 g/mol. The number of ether oxygens (including phenoxy) is 2. The van der Waals surface area contributed by atoms with Crippen LogP contribution in [-0.4, -0.2) is 57.6 Å². The van der Waals surface area contributed by atoms with Crippen LogP contribution < -0.4 is 20.3 Å². The third-order valence-corrected chi connectivity index (χ3v) is 3.85. The summed E-state index contributed by atoms with van der Waals surface area (Å²) in [6, 6.07) is 4.83. The van der Waals surface area contributed by atoms with Crippen LogP contribution in [0.5, 0.6) is 5.75 Å². The molecule has 1 fully saturated rings. The Morgan fingerprint density at radius 2 is 1.89 bits per heavy atom. The van der Waals surface area contributed by atoms with Crippen molar-refractivity contribution in [2.24, 2.45) is 0 Å². The van der Waals surface area contributed by atoms with Crippen LogP contribution in [0.4, 0.5) is 18.9 Å². The van der Waals surface area contributed by atoms with Crippen molar-refractivity contribution in [3.05, 3.63) is 24.3 Å². The van der Waals surface area contributed by atoms with E-state index in [4.69, 9.17) is 4.74 Å². The summed E-state index contributed by atoms with van der Waals surface area (Å²) in [6.45, 7) is 1.34. The SMILES string of the molecule is C[NH+](CC(=O)NC[C@@H]1CCCO1)CC(=O)Nc1ccc(OC(F)(F)F)cc1. The van der Waals surface area contributed by atoms with Crippen molar-refractivity contribution in [1.82, 2.24) is 5.32 Å². The van der Waals surface area contributed by atoms with Gasteiger partial charge in [-0.1, -0.05) is 0 Å². The molecular formula is C17H23F3N3O4+. The topological polar surface area (TPSA) is 81.1 Å². The van der Waals surface area contributed by atoms with Gasteiger partial charge in [0.15, 0.2) is 13.1 Å². The molecule has 3 N–H and O–H groups in total. The lowest BCUT2D eigenvalue weighted by molar-refractivity contribution is -0.862. The molecule has 0 saturated carbocycles. The zero-order valence-electron chi connectivity index (χ0n) is 14.9. The number of halogens is 3. The molecule has 2 amide bonds. The molecule has 0 spiro atoms. The van der Waals surface area contributed by atoms with Gasteiger partial charge in [0, 0.05) is 18.8 Å². The lowest BCUT2D eigenvalue weighted by Gasteiger charge is -2.15. The average Bonchev–Trinajstić information content (AvgIpc) is 3.06. The van der Waals surface area contributed by atoms with Gasteiger partial charge in [-0.2, -0.15) is 0 Å². The molecule has 1 aliphatic heterocycles. The molecule has 1 aromatic rings. The molecule has 7 nitrogen and oxygen atoms in total. The molecule has 1 heterocycles. The van der Waals surface area contributed by atoms with Crippen molar-refractivity contribution in [3.63, 3.8) is 0 Å². The normalized spacial score (nSPS) is 18.0. The van der Waals surface area contributed by atoms with Gasteiger partial charge in [-0.3, -0.25) is 9.59 Å². The Labute approximate surface area is 154 Å². The number of benzene rings is 1. The van der Waals surface area contributed by atoms with Gasteiger partial charge in [0.25, 0.3) is 11.8 Å². The standard InChI is InChI=1S/C17H22F3N3O4/c1-23(10-15(24)21-9-14-3-2-8-26-14)11-16(25)22-12-4-6-13(7-5-12)27-17(18,19)20/h4-7,14H,2-3,8-11H2,1H3,(H,21,24)(H,22,25)/p+1/t14-/m0/s1. The molecule has 2 atom stereocenters. The molecule has 1 aromatic carbocycles. The highest BCUT2D eigenvalue weighted by Gasteiger charge is 2.31. The highest BCUT2D eigenvalue weighted by Crippen LogP contribution is 2.23. The minimum Gasteiger partial charge on any atom is -0.406 e. The summed E-state index contributed by atoms with van der Waals surface area (Å²) in [5.74, 6) is -0.903. The van der Waals surface area contributed by atoms with Crippen LogP contribution in [-0.2, 0) is 14.3 Å². The van der Waals surface area contributed by atoms with Crippen LogP contribution in [0.3, 0.4) is 0 Å². The molecule has 150 valence electrons. The number of amides is 2. The summed E-state index contributed by atoms with van der Waals surface area (Å²) in [4.78, 5) is 24.5. The van der Waals surface area contributed by atoms with Gasteiger partial charge in [-0.05, 0) is 37.1 Å². The van der Waals surface area contributed by atoms with E-state index < -0.39 is 6.36 Å². The van der Waals surface area contributed by atoms with Gasteiger partial charge in [-0.15, -0.1) is 13.2 Å². The van der Waals surface area contributed by atoms with Crippen LogP contribution in [0.25, 0.3) is 0 Å². The maximum Gasteiger partial charge on any atom is 0.573 e. The monoisotopic (exact) mass is 390 g/mol. The lowest BCUT2D eigenvalue weighted by Crippen LogP contribution is -3.11. The minimum atomic E-state index is -4.76. The second kappa shape index (κ2) is 9.56. The Balaban J connectivity index is 1.70. The van der Waals surface area contributed by atoms with E-state index in [1.54, 1.807) is 7.05 Å². The summed E-state index contributed by atoms with van der Waals surface area (Å²) < 4.78 is 45.5. The molecule has 1 aliphatic rings. The molecule has 2 rings (SSSR count). The summed E-state index contributed by atoms with van der Waals surface area (Å²) in [6.07, 6.45) is -2.78. The molecule has 1 unspecified atom stereocenters. The van der Waals surface area contributed by atoms with Crippen LogP contribution in [0.15, 0.2) is 24.3 Å². The molecule has 27 heavy (non-hydrogen) atoms. The van der Waals surface area contributed by atoms with Crippen molar-refractivity contribution in [2.45, 2.75) is 25.3 Å². The maximum absolute atomic E-state index is 12.1. The minimum absolute atomic E-state index is 0.0359. The number of hydrogen-bond donors (Lipinski definition) is 3. The Morgan fingerprint density at radius 1 is 1.22 bits per heavy atom. The largest absolute Gasteiger partial charge is 0.573 e. The Hall–Kier alpha value is -2.33. The van der Waals surface area contributed by atoms with E-state index in [2.05, 4.69) is 15.4 Å². The number of quaternary nitrogens is 1. The number of hydrogen-bond acceptors (Lipinski definition) is 4. The van der Waals surface area contributed by atoms with Crippen LogP contribution in [0.2, 0.25) is 0 Å². The summed E-state index contributed by atoms with van der Waals surface area (Å²) in [7, 11) is 1.70. The number of likely N-dealkylation sites (N-methyl/N-ethyl adjacent to an activating group) is 1. The van der Waals surface area contributed by atoms with Crippen molar-refractivity contribution in [2.75, 3.05) is 38.6 Å². The average molecular weight is 390 g/mol. The van der Waals surface area contributed by atoms with Gasteiger partial charge in [0.2, 0.25) is 0 Å². The Kier molecular flexibility index (Phi) is 7.43. The Morgan fingerprint density at radius 3 is 2.48 bits per heavy atom. The predicted molar refractivity (Wildman–Crippen MR) is 90.4 cm³/mol. The van der Waals surface area contributed by atoms with Gasteiger partial charge in [-0.25, -0.2) is 0 Å². The first-order valence-electron chi connectivity index (χ1n) is 8.56. The van der Waals surface area contributed by atoms with Gasteiger partial charge in [0.1, 0.15) is 5.75 Å². The number of rotatable bonds is 8. The van der Waals surface area contributed by atoms with Gasteiger partial charge < -0.3 is 25.0 Å². The fraction of sp³-hybridized carbons (Fsp3) is 0.529. The number of anilines is 1. The van der Waals surface area contributed by atoms with Crippen molar-refractivity contribution in [3.8, 4) is 5.75 Å². The smallest absolute Gasteiger partial charge is 0.406 e. The zero-order valence-corrected chi connectivity index (χ0v) is 14.9. The molecule has 0 aliphatic carbocycles. The summed E-state index contributed by atoms with van der Waals surface area (Å²) in [5, 5.41) is 5.35. The quantitative estimate of drug-likeness (QED) is 0.598. The van der Waals surface area contributed by atoms with Crippen molar-refractivity contribution < 1.29 is 37.1 Å². The third-order valence-electron chi connectivity index (χ3n) is 3.85. The van der Waals surface area contributed by atoms with Crippen molar-refractivity contribution >= 4 is 17.5 Å². The van der Waals surface area contributed by atoms with E-state index in [-0.39, 0.29) is 36.8 Å². The van der Waals surface area contributed by atoms with E-state index >= 15 is 0 Å². The highest BCUT2D eigenvalue weighted by molar-refractivity contribution is 5.91. The zero-order chi connectivity index (χ0) is 19.9. The number of carbonyl (C=O) groups excluding carboxylic acids is 2. The molecule has 0 bridgehead atoms. The predicted octanol–water partition coefficient (Wildman–Crippen LogP) is 0.334. The van der Waals surface area contributed by atoms with Crippen molar-refractivity contribution in [1.29, 1.82) is 0 Å². The number of alkyl halides is 3. The Bertz CT molecular complexity index is 631. The first kappa shape index (κ1) is 21.0. The van der Waals surface area contributed by atoms with Crippen LogP contribution in [0.1, 0.15) is 12.8 Å².